The van der Waals surface area contributed by atoms with Crippen molar-refractivity contribution in [1.82, 2.24) is 0 Å². The van der Waals surface area contributed by atoms with Gasteiger partial charge in [-0.3, -0.25) is 18.6 Å². The fourth-order valence-electron chi connectivity index (χ4n) is 6.60. The first-order chi connectivity index (χ1) is 27.0. The highest BCUT2D eigenvalue weighted by molar-refractivity contribution is 7.47. The van der Waals surface area contributed by atoms with Crippen molar-refractivity contribution in [3.8, 4) is 0 Å². The predicted molar refractivity (Wildman–Crippen MR) is 234 cm³/mol. The number of rotatable bonds is 43. The normalized spacial score (nSPS) is 13.6. The molecule has 2 atom stereocenters. The van der Waals surface area contributed by atoms with Gasteiger partial charge in [0.1, 0.15) is 19.8 Å². The summed E-state index contributed by atoms with van der Waals surface area (Å²) < 4.78 is 34.3. The predicted octanol–water partition coefficient (Wildman–Crippen LogP) is 13.4. The maximum atomic E-state index is 12.7. The average Bonchev–Trinajstić information content (AvgIpc) is 3.15. The Balaban J connectivity index is 4.23. The first-order valence-electron chi connectivity index (χ1n) is 23.4. The zero-order valence-electron chi connectivity index (χ0n) is 37.4. The lowest BCUT2D eigenvalue weighted by Gasteiger charge is -2.24. The summed E-state index contributed by atoms with van der Waals surface area (Å²) in [5, 5.41) is 0. The van der Waals surface area contributed by atoms with E-state index in [1.807, 2.05) is 21.1 Å². The zero-order chi connectivity index (χ0) is 41.4. The van der Waals surface area contributed by atoms with E-state index >= 15 is 0 Å². The molecule has 332 valence electrons. The molecule has 0 heterocycles. The highest BCUT2D eigenvalue weighted by Gasteiger charge is 2.27. The number of nitrogens with zero attached hydrogens (tertiary/aromatic N) is 1. The van der Waals surface area contributed by atoms with Crippen LogP contribution in [0.3, 0.4) is 0 Å². The molecule has 0 rings (SSSR count). The van der Waals surface area contributed by atoms with Crippen molar-refractivity contribution in [3.63, 3.8) is 0 Å². The molecule has 1 unspecified atom stereocenters. The van der Waals surface area contributed by atoms with Gasteiger partial charge in [-0.05, 0) is 38.5 Å². The quantitative estimate of drug-likeness (QED) is 0.0213. The van der Waals surface area contributed by atoms with Crippen LogP contribution in [-0.4, -0.2) is 74.9 Å². The van der Waals surface area contributed by atoms with Gasteiger partial charge < -0.3 is 18.9 Å². The van der Waals surface area contributed by atoms with E-state index in [0.717, 1.165) is 32.1 Å². The third kappa shape index (κ3) is 42.4. The van der Waals surface area contributed by atoms with Gasteiger partial charge in [-0.15, -0.1) is 0 Å². The van der Waals surface area contributed by atoms with Crippen LogP contribution in [0.5, 0.6) is 0 Å². The Morgan fingerprint density at radius 1 is 0.536 bits per heavy atom. The van der Waals surface area contributed by atoms with Gasteiger partial charge in [0, 0.05) is 12.8 Å². The van der Waals surface area contributed by atoms with E-state index in [2.05, 4.69) is 26.0 Å². The SMILES string of the molecule is CCCCCCCC/C=C/CCCCCCCCCCCCCC(=O)O[C@H](COC(=O)CCCCCCCCCCCCC)COP(=O)(O)OCC[N+](C)(C)C. The summed E-state index contributed by atoms with van der Waals surface area (Å²) in [4.78, 5) is 35.4. The molecule has 0 aromatic rings. The molecule has 1 N–H and O–H groups in total. The summed E-state index contributed by atoms with van der Waals surface area (Å²) in [6.45, 7) is 4.44. The van der Waals surface area contributed by atoms with Crippen molar-refractivity contribution in [2.75, 3.05) is 47.5 Å². The van der Waals surface area contributed by atoms with E-state index in [0.29, 0.717) is 23.9 Å². The number of carbonyl (C=O) groups is 2. The Labute approximate surface area is 346 Å². The molecule has 10 heteroatoms. The second-order valence-corrected chi connectivity index (χ2v) is 18.6. The fourth-order valence-corrected chi connectivity index (χ4v) is 7.34. The fraction of sp³-hybridized carbons (Fsp3) is 0.913. The minimum Gasteiger partial charge on any atom is -0.462 e. The van der Waals surface area contributed by atoms with Crippen LogP contribution < -0.4 is 0 Å². The molecule has 0 spiro atoms. The molecule has 0 aliphatic rings. The van der Waals surface area contributed by atoms with E-state index in [4.69, 9.17) is 18.5 Å². The maximum absolute atomic E-state index is 12.7. The minimum absolute atomic E-state index is 0.0349. The number of unbranched alkanes of at least 4 members (excludes halogenated alkanes) is 27. The summed E-state index contributed by atoms with van der Waals surface area (Å²) in [6.07, 6.45) is 41.2. The van der Waals surface area contributed by atoms with Gasteiger partial charge in [0.25, 0.3) is 0 Å². The molecule has 0 saturated heterocycles. The van der Waals surface area contributed by atoms with Gasteiger partial charge >= 0.3 is 19.8 Å². The molecule has 0 aliphatic carbocycles. The van der Waals surface area contributed by atoms with Crippen LogP contribution in [0, 0.1) is 0 Å². The van der Waals surface area contributed by atoms with Crippen LogP contribution in [0.25, 0.3) is 0 Å². The largest absolute Gasteiger partial charge is 0.472 e. The number of hydrogen-bond acceptors (Lipinski definition) is 7. The Kier molecular flexibility index (Phi) is 38.3. The molecule has 0 aromatic carbocycles. The summed E-state index contributed by atoms with van der Waals surface area (Å²) in [5.41, 5.74) is 0. The van der Waals surface area contributed by atoms with Crippen molar-refractivity contribution < 1.29 is 42.1 Å². The number of quaternary nitrogens is 1. The van der Waals surface area contributed by atoms with Crippen LogP contribution in [0.2, 0.25) is 0 Å². The van der Waals surface area contributed by atoms with E-state index in [-0.39, 0.29) is 25.6 Å². The molecule has 0 radical (unpaired) electrons. The van der Waals surface area contributed by atoms with Crippen LogP contribution in [0.4, 0.5) is 0 Å². The number of phosphoric acid groups is 1. The molecule has 9 nitrogen and oxygen atoms in total. The molecule has 0 fully saturated rings. The smallest absolute Gasteiger partial charge is 0.462 e. The van der Waals surface area contributed by atoms with Crippen LogP contribution in [0.15, 0.2) is 12.2 Å². The van der Waals surface area contributed by atoms with Crippen molar-refractivity contribution in [2.24, 2.45) is 0 Å². The lowest BCUT2D eigenvalue weighted by atomic mass is 10.0. The van der Waals surface area contributed by atoms with Gasteiger partial charge in [0.15, 0.2) is 6.10 Å². The Bertz CT molecular complexity index is 969. The zero-order valence-corrected chi connectivity index (χ0v) is 38.3. The van der Waals surface area contributed by atoms with E-state index < -0.39 is 26.5 Å². The number of allylic oxidation sites excluding steroid dienone is 2. The molecule has 0 aliphatic heterocycles. The molecular weight excluding hydrogens is 725 g/mol. The first kappa shape index (κ1) is 54.8. The second-order valence-electron chi connectivity index (χ2n) is 17.1. The average molecular weight is 817 g/mol. The maximum Gasteiger partial charge on any atom is 0.472 e. The Morgan fingerprint density at radius 2 is 0.911 bits per heavy atom. The molecule has 0 amide bonds. The molecule has 0 aromatic heterocycles. The van der Waals surface area contributed by atoms with Gasteiger partial charge in [0.2, 0.25) is 0 Å². The number of phosphoric ester groups is 1. The van der Waals surface area contributed by atoms with E-state index in [1.165, 1.54) is 154 Å². The summed E-state index contributed by atoms with van der Waals surface area (Å²) >= 11 is 0. The summed E-state index contributed by atoms with van der Waals surface area (Å²) in [7, 11) is 1.49. The lowest BCUT2D eigenvalue weighted by molar-refractivity contribution is -0.870. The molecule has 0 saturated carbocycles. The van der Waals surface area contributed by atoms with Gasteiger partial charge in [-0.2, -0.15) is 0 Å². The highest BCUT2D eigenvalue weighted by atomic mass is 31.2. The molecular formula is C46H91NO8P+. The van der Waals surface area contributed by atoms with Gasteiger partial charge in [-0.1, -0.05) is 180 Å². The van der Waals surface area contributed by atoms with Gasteiger partial charge in [0.05, 0.1) is 27.7 Å². The number of ether oxygens (including phenoxy) is 2. The van der Waals surface area contributed by atoms with Crippen LogP contribution in [-0.2, 0) is 32.7 Å². The van der Waals surface area contributed by atoms with E-state index in [9.17, 15) is 19.0 Å². The van der Waals surface area contributed by atoms with Crippen molar-refractivity contribution >= 4 is 19.8 Å². The van der Waals surface area contributed by atoms with Crippen LogP contribution in [0.1, 0.15) is 219 Å². The molecule has 0 bridgehead atoms. The number of carbonyl (C=O) groups excluding carboxylic acids is 2. The van der Waals surface area contributed by atoms with Crippen molar-refractivity contribution in [1.29, 1.82) is 0 Å². The highest BCUT2D eigenvalue weighted by Crippen LogP contribution is 2.43. The summed E-state index contributed by atoms with van der Waals surface area (Å²) in [5.74, 6) is -0.790. The second kappa shape index (κ2) is 39.2. The third-order valence-corrected chi connectivity index (χ3v) is 11.3. The van der Waals surface area contributed by atoms with E-state index in [1.54, 1.807) is 0 Å². The number of esters is 2. The number of hydrogen-bond donors (Lipinski definition) is 1. The Hall–Kier alpha value is -1.25. The molecule has 56 heavy (non-hydrogen) atoms. The van der Waals surface area contributed by atoms with Crippen LogP contribution >= 0.6 is 7.82 Å². The van der Waals surface area contributed by atoms with Crippen molar-refractivity contribution in [2.45, 2.75) is 225 Å². The number of likely N-dealkylation sites (N-methyl/N-ethyl adjacent to an activating group) is 1. The summed E-state index contributed by atoms with van der Waals surface area (Å²) in [6, 6.07) is 0. The standard InChI is InChI=1S/C46H90NO8P/c1-6-8-10-12-14-16-18-19-20-21-22-23-24-25-26-27-29-31-33-35-37-39-46(49)55-44(43-54-56(50,51)53-41-40-47(3,4)5)42-52-45(48)38-36-34-32-30-28-17-15-13-11-9-7-2/h19-20,44H,6-18,21-43H2,1-5H3/p+1/b20-19+/t44-/m1/s1. The minimum atomic E-state index is -4.37. The van der Waals surface area contributed by atoms with Crippen molar-refractivity contribution in [3.05, 3.63) is 12.2 Å². The van der Waals surface area contributed by atoms with Gasteiger partial charge in [-0.25, -0.2) is 4.57 Å². The first-order valence-corrected chi connectivity index (χ1v) is 24.9. The monoisotopic (exact) mass is 817 g/mol. The lowest BCUT2D eigenvalue weighted by Crippen LogP contribution is -2.37. The third-order valence-electron chi connectivity index (χ3n) is 10.3. The topological polar surface area (TPSA) is 108 Å². The Morgan fingerprint density at radius 3 is 1.32 bits per heavy atom.